The minimum Gasteiger partial charge on any atom is -0.481 e. The molecule has 0 saturated carbocycles. The molecule has 0 aromatic heterocycles. The lowest BCUT2D eigenvalue weighted by molar-refractivity contribution is -0.137. The second-order valence-corrected chi connectivity index (χ2v) is 5.20. The number of carboxylic acid groups (broad SMARTS) is 1. The van der Waals surface area contributed by atoms with E-state index in [9.17, 15) is 4.79 Å². The van der Waals surface area contributed by atoms with Crippen LogP contribution in [0.15, 0.2) is 24.3 Å². The average molecular weight is 250 g/mol. The second-order valence-electron chi connectivity index (χ2n) is 5.20. The maximum absolute atomic E-state index is 10.4. The van der Waals surface area contributed by atoms with Gasteiger partial charge in [0.05, 0.1) is 5.60 Å². The molecule has 0 aliphatic carbocycles. The van der Waals surface area contributed by atoms with Crippen LogP contribution in [-0.2, 0) is 22.4 Å². The third-order valence-corrected chi connectivity index (χ3v) is 3.06. The molecule has 3 nitrogen and oxygen atoms in total. The molecule has 0 saturated heterocycles. The first-order valence-electron chi connectivity index (χ1n) is 6.28. The van der Waals surface area contributed by atoms with Crippen LogP contribution < -0.4 is 0 Å². The molecule has 0 amide bonds. The Bertz CT molecular complexity index is 379. The predicted octanol–water partition coefficient (Wildman–Crippen LogP) is 3.06. The van der Waals surface area contributed by atoms with Crippen LogP contribution in [0, 0.1) is 0 Å². The van der Waals surface area contributed by atoms with E-state index in [1.807, 2.05) is 0 Å². The van der Waals surface area contributed by atoms with Crippen molar-refractivity contribution in [2.24, 2.45) is 0 Å². The molecule has 1 rings (SSSR count). The van der Waals surface area contributed by atoms with Crippen molar-refractivity contribution < 1.29 is 14.6 Å². The van der Waals surface area contributed by atoms with Gasteiger partial charge in [0, 0.05) is 20.0 Å². The molecule has 0 aliphatic rings. The number of aliphatic carboxylic acids is 1. The number of hydrogen-bond acceptors (Lipinski definition) is 2. The van der Waals surface area contributed by atoms with Crippen molar-refractivity contribution in [2.75, 3.05) is 7.11 Å². The van der Waals surface area contributed by atoms with E-state index < -0.39 is 5.97 Å². The quantitative estimate of drug-likeness (QED) is 0.809. The van der Waals surface area contributed by atoms with Gasteiger partial charge in [-0.1, -0.05) is 24.3 Å². The van der Waals surface area contributed by atoms with Crippen LogP contribution in [-0.4, -0.2) is 23.8 Å². The first kappa shape index (κ1) is 14.7. The summed E-state index contributed by atoms with van der Waals surface area (Å²) >= 11 is 0. The average Bonchev–Trinajstić information content (AvgIpc) is 2.31. The van der Waals surface area contributed by atoms with Crippen molar-refractivity contribution in [2.45, 2.75) is 45.1 Å². The first-order valence-corrected chi connectivity index (χ1v) is 6.28. The van der Waals surface area contributed by atoms with E-state index in [1.54, 1.807) is 7.11 Å². The number of aryl methyl sites for hydroxylation is 1. The highest BCUT2D eigenvalue weighted by Gasteiger charge is 2.16. The fourth-order valence-electron chi connectivity index (χ4n) is 1.83. The normalized spacial score (nSPS) is 11.5. The number of ether oxygens (including phenoxy) is 1. The van der Waals surface area contributed by atoms with Gasteiger partial charge in [-0.25, -0.2) is 0 Å². The lowest BCUT2D eigenvalue weighted by atomic mass is 9.97. The van der Waals surface area contributed by atoms with E-state index in [-0.39, 0.29) is 12.0 Å². The van der Waals surface area contributed by atoms with Gasteiger partial charge in [0.15, 0.2) is 0 Å². The van der Waals surface area contributed by atoms with E-state index in [4.69, 9.17) is 9.84 Å². The fraction of sp³-hybridized carbons (Fsp3) is 0.533. The molecule has 0 fully saturated rings. The highest BCUT2D eigenvalue weighted by atomic mass is 16.5. The van der Waals surface area contributed by atoms with E-state index >= 15 is 0 Å². The highest BCUT2D eigenvalue weighted by Crippen LogP contribution is 2.17. The molecule has 18 heavy (non-hydrogen) atoms. The Balaban J connectivity index is 2.50. The lowest BCUT2D eigenvalue weighted by Crippen LogP contribution is -2.25. The third kappa shape index (κ3) is 5.32. The van der Waals surface area contributed by atoms with Crippen molar-refractivity contribution in [1.82, 2.24) is 0 Å². The van der Waals surface area contributed by atoms with Crippen molar-refractivity contribution in [1.29, 1.82) is 0 Å². The van der Waals surface area contributed by atoms with Crippen LogP contribution in [0.4, 0.5) is 0 Å². The largest absolute Gasteiger partial charge is 0.481 e. The molecule has 0 atom stereocenters. The highest BCUT2D eigenvalue weighted by molar-refractivity contribution is 5.66. The number of rotatable bonds is 7. The summed E-state index contributed by atoms with van der Waals surface area (Å²) in [6.45, 7) is 4.13. The van der Waals surface area contributed by atoms with Gasteiger partial charge in [-0.2, -0.15) is 0 Å². The van der Waals surface area contributed by atoms with Crippen molar-refractivity contribution in [3.8, 4) is 0 Å². The predicted molar refractivity (Wildman–Crippen MR) is 71.8 cm³/mol. The first-order chi connectivity index (χ1) is 8.43. The van der Waals surface area contributed by atoms with Gasteiger partial charge < -0.3 is 9.84 Å². The Labute approximate surface area is 109 Å². The number of methoxy groups -OCH3 is 1. The molecule has 100 valence electrons. The van der Waals surface area contributed by atoms with Crippen LogP contribution in [0.2, 0.25) is 0 Å². The number of hydrogen-bond donors (Lipinski definition) is 1. The summed E-state index contributed by atoms with van der Waals surface area (Å²) in [7, 11) is 1.72. The lowest BCUT2D eigenvalue weighted by Gasteiger charge is -2.22. The van der Waals surface area contributed by atoms with E-state index in [1.165, 1.54) is 11.1 Å². The summed E-state index contributed by atoms with van der Waals surface area (Å²) in [5.74, 6) is -0.728. The molecule has 1 aromatic carbocycles. The topological polar surface area (TPSA) is 46.5 Å². The molecule has 3 heteroatoms. The molecular formula is C15H22O3. The maximum Gasteiger partial charge on any atom is 0.303 e. The zero-order valence-electron chi connectivity index (χ0n) is 11.4. The Morgan fingerprint density at radius 2 is 1.78 bits per heavy atom. The Hall–Kier alpha value is -1.35. The van der Waals surface area contributed by atoms with Crippen LogP contribution in [0.5, 0.6) is 0 Å². The summed E-state index contributed by atoms with van der Waals surface area (Å²) in [5, 5.41) is 8.58. The summed E-state index contributed by atoms with van der Waals surface area (Å²) in [6, 6.07) is 8.33. The van der Waals surface area contributed by atoms with Crippen LogP contribution in [0.3, 0.4) is 0 Å². The van der Waals surface area contributed by atoms with Crippen molar-refractivity contribution >= 4 is 5.97 Å². The minimum absolute atomic E-state index is 0.148. The zero-order chi connectivity index (χ0) is 13.6. The van der Waals surface area contributed by atoms with E-state index in [0.717, 1.165) is 12.8 Å². The Kier molecular flexibility index (Phi) is 5.35. The molecule has 0 radical (unpaired) electrons. The summed E-state index contributed by atoms with van der Waals surface area (Å²) < 4.78 is 5.40. The fourth-order valence-corrected chi connectivity index (χ4v) is 1.83. The number of carboxylic acids is 1. The zero-order valence-corrected chi connectivity index (χ0v) is 11.4. The van der Waals surface area contributed by atoms with Gasteiger partial charge in [-0.3, -0.25) is 4.79 Å². The smallest absolute Gasteiger partial charge is 0.303 e. The number of carbonyl (C=O) groups is 1. The van der Waals surface area contributed by atoms with Crippen molar-refractivity contribution in [3.63, 3.8) is 0 Å². The Morgan fingerprint density at radius 3 is 2.28 bits per heavy atom. The molecular weight excluding hydrogens is 228 g/mol. The monoisotopic (exact) mass is 250 g/mol. The van der Waals surface area contributed by atoms with Crippen molar-refractivity contribution in [3.05, 3.63) is 35.4 Å². The van der Waals surface area contributed by atoms with Crippen LogP contribution >= 0.6 is 0 Å². The molecule has 0 unspecified atom stereocenters. The Morgan fingerprint density at radius 1 is 1.22 bits per heavy atom. The van der Waals surface area contributed by atoms with Crippen LogP contribution in [0.25, 0.3) is 0 Å². The summed E-state index contributed by atoms with van der Waals surface area (Å²) in [6.07, 6.45) is 2.62. The van der Waals surface area contributed by atoms with Gasteiger partial charge in [0.25, 0.3) is 0 Å². The molecule has 1 aromatic rings. The van der Waals surface area contributed by atoms with Gasteiger partial charge >= 0.3 is 5.97 Å². The molecule has 0 heterocycles. The third-order valence-electron chi connectivity index (χ3n) is 3.06. The molecule has 0 aliphatic heterocycles. The van der Waals surface area contributed by atoms with Gasteiger partial charge in [-0.05, 0) is 37.8 Å². The maximum atomic E-state index is 10.4. The molecule has 0 bridgehead atoms. The summed E-state index contributed by atoms with van der Waals surface area (Å²) in [5.41, 5.74) is 2.28. The number of benzene rings is 1. The summed E-state index contributed by atoms with van der Waals surface area (Å²) in [4.78, 5) is 10.4. The molecule has 1 N–H and O–H groups in total. The van der Waals surface area contributed by atoms with Gasteiger partial charge in [0.2, 0.25) is 0 Å². The standard InChI is InChI=1S/C15H22O3/c1-15(2,18-3)11-13-9-7-12(8-10-13)5-4-6-14(16)17/h7-10H,4-6,11H2,1-3H3,(H,16,17). The second kappa shape index (κ2) is 6.55. The molecule has 0 spiro atoms. The minimum atomic E-state index is -0.728. The van der Waals surface area contributed by atoms with Crippen LogP contribution in [0.1, 0.15) is 37.8 Å². The van der Waals surface area contributed by atoms with Gasteiger partial charge in [-0.15, -0.1) is 0 Å². The van der Waals surface area contributed by atoms with Gasteiger partial charge in [0.1, 0.15) is 0 Å². The SMILES string of the molecule is COC(C)(C)Cc1ccc(CCCC(=O)O)cc1. The van der Waals surface area contributed by atoms with E-state index in [2.05, 4.69) is 38.1 Å². The van der Waals surface area contributed by atoms with E-state index in [0.29, 0.717) is 6.42 Å².